The Morgan fingerprint density at radius 3 is 2.80 bits per heavy atom. The summed E-state index contributed by atoms with van der Waals surface area (Å²) >= 11 is 0. The van der Waals surface area contributed by atoms with Gasteiger partial charge in [0.05, 0.1) is 6.10 Å². The summed E-state index contributed by atoms with van der Waals surface area (Å²) in [5, 5.41) is 3.48. The monoisotopic (exact) mass is 211 g/mol. The van der Waals surface area contributed by atoms with E-state index in [1.54, 1.807) is 0 Å². The van der Waals surface area contributed by atoms with Crippen molar-refractivity contribution in [1.82, 2.24) is 5.32 Å². The fourth-order valence-corrected chi connectivity index (χ4v) is 2.92. The second-order valence-corrected chi connectivity index (χ2v) is 5.34. The van der Waals surface area contributed by atoms with Crippen LogP contribution in [-0.2, 0) is 4.74 Å². The van der Waals surface area contributed by atoms with Crippen molar-refractivity contribution in [2.24, 2.45) is 11.8 Å². The topological polar surface area (TPSA) is 21.3 Å². The Balaban J connectivity index is 1.59. The SMILES string of the molecule is CNC(CCCC1CCCO1)C1CC1C. The van der Waals surface area contributed by atoms with Gasteiger partial charge < -0.3 is 10.1 Å². The maximum absolute atomic E-state index is 5.65. The minimum absolute atomic E-state index is 0.583. The fourth-order valence-electron chi connectivity index (χ4n) is 2.92. The standard InChI is InChI=1S/C13H25NO/c1-10-9-12(10)13(14-2)7-3-5-11-6-4-8-15-11/h10-14H,3-9H2,1-2H3. The highest BCUT2D eigenvalue weighted by Crippen LogP contribution is 2.41. The number of rotatable bonds is 6. The highest BCUT2D eigenvalue weighted by Gasteiger charge is 2.38. The van der Waals surface area contributed by atoms with E-state index in [9.17, 15) is 0 Å². The Labute approximate surface area is 93.8 Å². The predicted molar refractivity (Wildman–Crippen MR) is 62.9 cm³/mol. The maximum atomic E-state index is 5.65. The van der Waals surface area contributed by atoms with Crippen LogP contribution in [0.1, 0.15) is 45.4 Å². The second-order valence-electron chi connectivity index (χ2n) is 5.34. The van der Waals surface area contributed by atoms with E-state index in [1.165, 1.54) is 38.5 Å². The Morgan fingerprint density at radius 2 is 2.27 bits per heavy atom. The molecule has 2 nitrogen and oxygen atoms in total. The zero-order valence-corrected chi connectivity index (χ0v) is 10.2. The Bertz CT molecular complexity index is 189. The summed E-state index contributed by atoms with van der Waals surface area (Å²) in [6.45, 7) is 3.37. The minimum atomic E-state index is 0.583. The summed E-state index contributed by atoms with van der Waals surface area (Å²) in [5.41, 5.74) is 0. The van der Waals surface area contributed by atoms with Crippen LogP contribution in [0.5, 0.6) is 0 Å². The van der Waals surface area contributed by atoms with Crippen molar-refractivity contribution in [2.75, 3.05) is 13.7 Å². The van der Waals surface area contributed by atoms with Crippen LogP contribution >= 0.6 is 0 Å². The van der Waals surface area contributed by atoms with Gasteiger partial charge in [-0.2, -0.15) is 0 Å². The van der Waals surface area contributed by atoms with Gasteiger partial charge in [0.25, 0.3) is 0 Å². The van der Waals surface area contributed by atoms with E-state index in [1.807, 2.05) is 0 Å². The van der Waals surface area contributed by atoms with Crippen LogP contribution in [0.25, 0.3) is 0 Å². The predicted octanol–water partition coefficient (Wildman–Crippen LogP) is 2.58. The highest BCUT2D eigenvalue weighted by molar-refractivity contribution is 4.91. The van der Waals surface area contributed by atoms with E-state index in [0.717, 1.165) is 24.5 Å². The molecule has 2 heteroatoms. The zero-order chi connectivity index (χ0) is 10.7. The molecule has 4 unspecified atom stereocenters. The maximum Gasteiger partial charge on any atom is 0.0576 e. The molecular weight excluding hydrogens is 186 g/mol. The summed E-state index contributed by atoms with van der Waals surface area (Å²) in [4.78, 5) is 0. The van der Waals surface area contributed by atoms with E-state index >= 15 is 0 Å². The molecule has 4 atom stereocenters. The van der Waals surface area contributed by atoms with E-state index in [2.05, 4.69) is 19.3 Å². The van der Waals surface area contributed by atoms with Gasteiger partial charge in [-0.3, -0.25) is 0 Å². The molecule has 1 heterocycles. The summed E-state index contributed by atoms with van der Waals surface area (Å²) in [6, 6.07) is 0.765. The molecule has 1 saturated heterocycles. The van der Waals surface area contributed by atoms with Gasteiger partial charge in [0.1, 0.15) is 0 Å². The molecule has 2 rings (SSSR count). The molecule has 0 aromatic rings. The number of nitrogens with one attached hydrogen (secondary N) is 1. The van der Waals surface area contributed by atoms with Crippen molar-refractivity contribution >= 4 is 0 Å². The molecule has 1 aliphatic heterocycles. The van der Waals surface area contributed by atoms with Gasteiger partial charge in [0.2, 0.25) is 0 Å². The van der Waals surface area contributed by atoms with Gasteiger partial charge in [-0.1, -0.05) is 6.92 Å². The lowest BCUT2D eigenvalue weighted by Crippen LogP contribution is -2.28. The van der Waals surface area contributed by atoms with Gasteiger partial charge >= 0.3 is 0 Å². The van der Waals surface area contributed by atoms with Crippen LogP contribution in [0.15, 0.2) is 0 Å². The van der Waals surface area contributed by atoms with Crippen LogP contribution in [-0.4, -0.2) is 25.8 Å². The van der Waals surface area contributed by atoms with E-state index in [4.69, 9.17) is 4.74 Å². The number of ether oxygens (including phenoxy) is 1. The van der Waals surface area contributed by atoms with Crippen molar-refractivity contribution in [1.29, 1.82) is 0 Å². The van der Waals surface area contributed by atoms with Crippen LogP contribution < -0.4 is 5.32 Å². The first-order chi connectivity index (χ1) is 7.31. The Hall–Kier alpha value is -0.0800. The number of hydrogen-bond acceptors (Lipinski definition) is 2. The highest BCUT2D eigenvalue weighted by atomic mass is 16.5. The normalized spacial score (nSPS) is 36.8. The second kappa shape index (κ2) is 5.31. The summed E-state index contributed by atoms with van der Waals surface area (Å²) in [6.07, 6.45) is 8.54. The molecular formula is C13H25NO. The first-order valence-corrected chi connectivity index (χ1v) is 6.60. The van der Waals surface area contributed by atoms with Gasteiger partial charge in [0.15, 0.2) is 0 Å². The lowest BCUT2D eigenvalue weighted by Gasteiger charge is -2.17. The van der Waals surface area contributed by atoms with Crippen LogP contribution in [0.3, 0.4) is 0 Å². The fraction of sp³-hybridized carbons (Fsp3) is 1.00. The Kier molecular flexibility index (Phi) is 4.04. The molecule has 88 valence electrons. The van der Waals surface area contributed by atoms with Gasteiger partial charge in [-0.05, 0) is 57.4 Å². The quantitative estimate of drug-likeness (QED) is 0.729. The van der Waals surface area contributed by atoms with Gasteiger partial charge in [-0.15, -0.1) is 0 Å². The van der Waals surface area contributed by atoms with Crippen molar-refractivity contribution in [3.63, 3.8) is 0 Å². The molecule has 0 radical (unpaired) electrons. The van der Waals surface area contributed by atoms with Crippen LogP contribution in [0.4, 0.5) is 0 Å². The molecule has 0 bridgehead atoms. The van der Waals surface area contributed by atoms with Gasteiger partial charge in [-0.25, -0.2) is 0 Å². The molecule has 15 heavy (non-hydrogen) atoms. The summed E-state index contributed by atoms with van der Waals surface area (Å²) < 4.78 is 5.65. The molecule has 0 aromatic heterocycles. The van der Waals surface area contributed by atoms with Gasteiger partial charge in [0, 0.05) is 12.6 Å². The average molecular weight is 211 g/mol. The largest absolute Gasteiger partial charge is 0.378 e. The summed E-state index contributed by atoms with van der Waals surface area (Å²) in [7, 11) is 2.11. The third-order valence-electron chi connectivity index (χ3n) is 4.12. The molecule has 1 aliphatic carbocycles. The first kappa shape index (κ1) is 11.4. The van der Waals surface area contributed by atoms with Crippen molar-refractivity contribution in [3.8, 4) is 0 Å². The number of hydrogen-bond donors (Lipinski definition) is 1. The molecule has 2 aliphatic rings. The van der Waals surface area contributed by atoms with E-state index < -0.39 is 0 Å². The molecule has 0 amide bonds. The first-order valence-electron chi connectivity index (χ1n) is 6.60. The lowest BCUT2D eigenvalue weighted by atomic mass is 10.0. The van der Waals surface area contributed by atoms with Crippen LogP contribution in [0.2, 0.25) is 0 Å². The molecule has 1 saturated carbocycles. The smallest absolute Gasteiger partial charge is 0.0576 e. The van der Waals surface area contributed by atoms with E-state index in [-0.39, 0.29) is 0 Å². The minimum Gasteiger partial charge on any atom is -0.378 e. The lowest BCUT2D eigenvalue weighted by molar-refractivity contribution is 0.101. The molecule has 2 fully saturated rings. The average Bonchev–Trinajstić information content (AvgIpc) is 2.78. The summed E-state index contributed by atoms with van der Waals surface area (Å²) in [5.74, 6) is 1.92. The Morgan fingerprint density at radius 1 is 1.47 bits per heavy atom. The van der Waals surface area contributed by atoms with E-state index in [0.29, 0.717) is 6.10 Å². The van der Waals surface area contributed by atoms with Crippen molar-refractivity contribution in [3.05, 3.63) is 0 Å². The third kappa shape index (κ3) is 3.18. The molecule has 0 spiro atoms. The van der Waals surface area contributed by atoms with Crippen LogP contribution in [0, 0.1) is 11.8 Å². The third-order valence-corrected chi connectivity index (χ3v) is 4.12. The molecule has 1 N–H and O–H groups in total. The van der Waals surface area contributed by atoms with Crippen molar-refractivity contribution < 1.29 is 4.74 Å². The zero-order valence-electron chi connectivity index (χ0n) is 10.2. The molecule has 0 aromatic carbocycles. The van der Waals surface area contributed by atoms with Crippen molar-refractivity contribution in [2.45, 2.75) is 57.6 Å².